The van der Waals surface area contributed by atoms with Gasteiger partial charge in [0.2, 0.25) is 0 Å². The molecule has 0 spiro atoms. The quantitative estimate of drug-likeness (QED) is 0.670. The summed E-state index contributed by atoms with van der Waals surface area (Å²) >= 11 is 1.19. The zero-order valence-electron chi connectivity index (χ0n) is 11.6. The van der Waals surface area contributed by atoms with E-state index in [2.05, 4.69) is 5.32 Å². The Kier molecular flexibility index (Phi) is 5.50. The maximum atomic E-state index is 12.4. The number of thiophene rings is 1. The minimum atomic E-state index is -0.438. The van der Waals surface area contributed by atoms with Crippen molar-refractivity contribution in [2.75, 3.05) is 13.1 Å². The zero-order chi connectivity index (χ0) is 14.2. The Morgan fingerprint density at radius 2 is 2.20 bits per heavy atom. The lowest BCUT2D eigenvalue weighted by atomic mass is 10.1. The molecule has 6 nitrogen and oxygen atoms in total. The van der Waals surface area contributed by atoms with Crippen LogP contribution >= 0.6 is 23.7 Å². The lowest BCUT2D eigenvalue weighted by Gasteiger charge is -2.38. The van der Waals surface area contributed by atoms with Crippen molar-refractivity contribution < 1.29 is 9.72 Å². The maximum absolute atomic E-state index is 12.4. The monoisotopic (exact) mass is 319 g/mol. The highest BCUT2D eigenvalue weighted by Crippen LogP contribution is 2.29. The van der Waals surface area contributed by atoms with Gasteiger partial charge in [0.15, 0.2) is 0 Å². The van der Waals surface area contributed by atoms with E-state index in [4.69, 9.17) is 0 Å². The van der Waals surface area contributed by atoms with E-state index in [0.29, 0.717) is 16.3 Å². The molecule has 1 aromatic heterocycles. The summed E-state index contributed by atoms with van der Waals surface area (Å²) in [6, 6.07) is 1.71. The highest BCUT2D eigenvalue weighted by atomic mass is 35.5. The van der Waals surface area contributed by atoms with Crippen LogP contribution in [-0.2, 0) is 0 Å². The summed E-state index contributed by atoms with van der Waals surface area (Å²) in [5.41, 5.74) is 0.0317. The Morgan fingerprint density at radius 3 is 2.75 bits per heavy atom. The lowest BCUT2D eigenvalue weighted by molar-refractivity contribution is -0.385. The smallest absolute Gasteiger partial charge is 0.283 e. The molecule has 112 valence electrons. The van der Waals surface area contributed by atoms with Gasteiger partial charge < -0.3 is 10.2 Å². The number of nitrogens with zero attached hydrogens (tertiary/aromatic N) is 2. The Labute approximate surface area is 127 Å². The zero-order valence-corrected chi connectivity index (χ0v) is 13.2. The molecule has 2 heterocycles. The van der Waals surface area contributed by atoms with Crippen molar-refractivity contribution in [2.45, 2.75) is 32.9 Å². The van der Waals surface area contributed by atoms with E-state index in [1.54, 1.807) is 11.8 Å². The topological polar surface area (TPSA) is 75.5 Å². The number of carbonyl (C=O) groups excluding carboxylic acids is 1. The van der Waals surface area contributed by atoms with Gasteiger partial charge in [-0.25, -0.2) is 0 Å². The highest BCUT2D eigenvalue weighted by molar-refractivity contribution is 7.14. The van der Waals surface area contributed by atoms with Crippen molar-refractivity contribution in [1.82, 2.24) is 10.2 Å². The molecule has 1 saturated heterocycles. The van der Waals surface area contributed by atoms with E-state index in [0.717, 1.165) is 6.54 Å². The molecule has 0 aromatic carbocycles. The third-order valence-electron chi connectivity index (χ3n) is 3.59. The minimum absolute atomic E-state index is 0. The van der Waals surface area contributed by atoms with Crippen molar-refractivity contribution >= 4 is 35.3 Å². The number of rotatable bonds is 2. The average molecular weight is 320 g/mol. The molecule has 2 rings (SSSR count). The molecule has 1 aliphatic heterocycles. The first-order valence-corrected chi connectivity index (χ1v) is 7.02. The predicted octanol–water partition coefficient (Wildman–Crippen LogP) is 2.21. The predicted molar refractivity (Wildman–Crippen MR) is 80.9 cm³/mol. The van der Waals surface area contributed by atoms with Crippen LogP contribution in [0.3, 0.4) is 0 Å². The maximum Gasteiger partial charge on any atom is 0.283 e. The molecule has 8 heteroatoms. The summed E-state index contributed by atoms with van der Waals surface area (Å²) in [4.78, 5) is 25.6. The van der Waals surface area contributed by atoms with Crippen LogP contribution in [0.4, 0.5) is 5.69 Å². The summed E-state index contributed by atoms with van der Waals surface area (Å²) in [5, 5.41) is 14.1. The molecule has 0 radical (unpaired) electrons. The molecule has 2 atom stereocenters. The number of aryl methyl sites for hydroxylation is 1. The van der Waals surface area contributed by atoms with E-state index in [1.807, 2.05) is 13.8 Å². The fourth-order valence-corrected chi connectivity index (χ4v) is 3.19. The summed E-state index contributed by atoms with van der Waals surface area (Å²) in [5.74, 6) is -0.109. The third kappa shape index (κ3) is 3.11. The van der Waals surface area contributed by atoms with Crippen molar-refractivity contribution in [3.63, 3.8) is 0 Å². The number of nitro groups is 1. The van der Waals surface area contributed by atoms with Crippen LogP contribution in [0, 0.1) is 17.0 Å². The molecular weight excluding hydrogens is 302 g/mol. The molecule has 1 aliphatic rings. The van der Waals surface area contributed by atoms with Crippen LogP contribution < -0.4 is 5.32 Å². The number of nitrogens with one attached hydrogen (secondary N) is 1. The van der Waals surface area contributed by atoms with E-state index < -0.39 is 4.92 Å². The Morgan fingerprint density at radius 1 is 1.55 bits per heavy atom. The first kappa shape index (κ1) is 16.9. The Balaban J connectivity index is 0.00000200. The van der Waals surface area contributed by atoms with Crippen LogP contribution in [0.25, 0.3) is 0 Å². The number of hydrogen-bond donors (Lipinski definition) is 1. The second-order valence-electron chi connectivity index (χ2n) is 4.79. The number of halogens is 1. The van der Waals surface area contributed by atoms with Crippen molar-refractivity contribution in [2.24, 2.45) is 0 Å². The van der Waals surface area contributed by atoms with Gasteiger partial charge in [-0.2, -0.15) is 0 Å². The first-order chi connectivity index (χ1) is 8.91. The van der Waals surface area contributed by atoms with Gasteiger partial charge in [0, 0.05) is 31.2 Å². The molecule has 0 saturated carbocycles. The molecule has 1 aromatic rings. The molecule has 0 aliphatic carbocycles. The van der Waals surface area contributed by atoms with E-state index >= 15 is 0 Å². The number of carbonyl (C=O) groups is 1. The Hall–Kier alpha value is -1.18. The van der Waals surface area contributed by atoms with Crippen LogP contribution in [0.2, 0.25) is 0 Å². The van der Waals surface area contributed by atoms with E-state index in [9.17, 15) is 14.9 Å². The fraction of sp³-hybridized carbons (Fsp3) is 0.583. The van der Waals surface area contributed by atoms with Gasteiger partial charge in [0.25, 0.3) is 11.6 Å². The largest absolute Gasteiger partial charge is 0.332 e. The van der Waals surface area contributed by atoms with Gasteiger partial charge in [-0.3, -0.25) is 14.9 Å². The third-order valence-corrected chi connectivity index (χ3v) is 4.62. The lowest BCUT2D eigenvalue weighted by Crippen LogP contribution is -2.57. The normalized spacial score (nSPS) is 22.2. The number of piperazine rings is 1. The average Bonchev–Trinajstić information content (AvgIpc) is 2.74. The van der Waals surface area contributed by atoms with Gasteiger partial charge in [0.1, 0.15) is 0 Å². The SMILES string of the molecule is Cc1sc(C(=O)N2CCNC(C)C2C)cc1[N+](=O)[O-].Cl. The molecule has 0 bridgehead atoms. The molecule has 1 fully saturated rings. The standard InChI is InChI=1S/C12H17N3O3S.ClH/c1-7-8(2)14(5-4-13-7)12(16)11-6-10(15(17)18)9(3)19-11;/h6-8,13H,4-5H2,1-3H3;1H. The van der Waals surface area contributed by atoms with Crippen molar-refractivity contribution in [1.29, 1.82) is 0 Å². The first-order valence-electron chi connectivity index (χ1n) is 6.21. The number of hydrogen-bond acceptors (Lipinski definition) is 5. The fourth-order valence-electron chi connectivity index (χ4n) is 2.24. The van der Waals surface area contributed by atoms with Crippen LogP contribution in [0.15, 0.2) is 6.07 Å². The molecule has 2 unspecified atom stereocenters. The van der Waals surface area contributed by atoms with E-state index in [1.165, 1.54) is 17.4 Å². The van der Waals surface area contributed by atoms with Gasteiger partial charge >= 0.3 is 0 Å². The summed E-state index contributed by atoms with van der Waals surface area (Å²) in [6.07, 6.45) is 0. The van der Waals surface area contributed by atoms with Gasteiger partial charge in [-0.15, -0.1) is 23.7 Å². The van der Waals surface area contributed by atoms with Crippen molar-refractivity contribution in [3.8, 4) is 0 Å². The summed E-state index contributed by atoms with van der Waals surface area (Å²) in [7, 11) is 0. The van der Waals surface area contributed by atoms with Gasteiger partial charge in [-0.1, -0.05) is 0 Å². The molecule has 1 amide bonds. The second kappa shape index (κ2) is 6.51. The minimum Gasteiger partial charge on any atom is -0.332 e. The van der Waals surface area contributed by atoms with Gasteiger partial charge in [-0.05, 0) is 20.8 Å². The van der Waals surface area contributed by atoms with Crippen LogP contribution in [0.5, 0.6) is 0 Å². The second-order valence-corrected chi connectivity index (χ2v) is 6.05. The van der Waals surface area contributed by atoms with E-state index in [-0.39, 0.29) is 36.1 Å². The Bertz CT molecular complexity index is 520. The summed E-state index contributed by atoms with van der Waals surface area (Å²) < 4.78 is 0. The molecular formula is C12H18ClN3O3S. The van der Waals surface area contributed by atoms with Gasteiger partial charge in [0.05, 0.1) is 14.7 Å². The summed E-state index contributed by atoms with van der Waals surface area (Å²) in [6.45, 7) is 7.08. The number of amides is 1. The van der Waals surface area contributed by atoms with Crippen molar-refractivity contribution in [3.05, 3.63) is 25.9 Å². The molecule has 20 heavy (non-hydrogen) atoms. The van der Waals surface area contributed by atoms with Crippen LogP contribution in [0.1, 0.15) is 28.4 Å². The van der Waals surface area contributed by atoms with Crippen LogP contribution in [-0.4, -0.2) is 40.9 Å². The highest BCUT2D eigenvalue weighted by Gasteiger charge is 2.31. The molecule has 1 N–H and O–H groups in total.